The summed E-state index contributed by atoms with van der Waals surface area (Å²) in [5, 5.41) is 3.57. The molecule has 0 aliphatic rings. The van der Waals surface area contributed by atoms with E-state index < -0.39 is 0 Å². The maximum atomic E-state index is 12.1. The Hall–Kier alpha value is -1.65. The number of hydrogen-bond donors (Lipinski definition) is 1. The summed E-state index contributed by atoms with van der Waals surface area (Å²) in [6.45, 7) is 2.59. The minimum Gasteiger partial charge on any atom is -0.497 e. The van der Waals surface area contributed by atoms with Gasteiger partial charge in [0.15, 0.2) is 0 Å². The average Bonchev–Trinajstić information content (AvgIpc) is 2.61. The number of halogens is 1. The van der Waals surface area contributed by atoms with Crippen LogP contribution in [-0.4, -0.2) is 24.8 Å². The second-order valence-electron chi connectivity index (χ2n) is 5.46. The summed E-state index contributed by atoms with van der Waals surface area (Å²) in [4.78, 5) is 13.2. The van der Waals surface area contributed by atoms with Crippen LogP contribution in [0.3, 0.4) is 0 Å². The lowest BCUT2D eigenvalue weighted by Crippen LogP contribution is -2.31. The Morgan fingerprint density at radius 3 is 2.46 bits per heavy atom. The lowest BCUT2D eigenvalue weighted by Gasteiger charge is -2.12. The van der Waals surface area contributed by atoms with Crippen molar-refractivity contribution in [3.8, 4) is 5.75 Å². The SMILES string of the molecule is COc1ccc(CCCNC(=O)C(C)Sc2ccc(Cl)cc2)cc1. The van der Waals surface area contributed by atoms with Gasteiger partial charge in [-0.15, -0.1) is 11.8 Å². The lowest BCUT2D eigenvalue weighted by atomic mass is 10.1. The van der Waals surface area contributed by atoms with E-state index in [1.54, 1.807) is 7.11 Å². The van der Waals surface area contributed by atoms with Crippen LogP contribution in [0.1, 0.15) is 18.9 Å². The molecule has 0 heterocycles. The summed E-state index contributed by atoms with van der Waals surface area (Å²) in [6.07, 6.45) is 1.85. The van der Waals surface area contributed by atoms with Gasteiger partial charge in [0.1, 0.15) is 5.75 Å². The molecule has 1 N–H and O–H groups in total. The molecule has 0 spiro atoms. The number of benzene rings is 2. The summed E-state index contributed by atoms with van der Waals surface area (Å²) in [5.74, 6) is 0.921. The molecule has 2 aromatic rings. The monoisotopic (exact) mass is 363 g/mol. The third-order valence-electron chi connectivity index (χ3n) is 3.60. The van der Waals surface area contributed by atoms with Gasteiger partial charge in [0, 0.05) is 16.5 Å². The molecular weight excluding hydrogens is 342 g/mol. The van der Waals surface area contributed by atoms with Crippen LogP contribution in [0.25, 0.3) is 0 Å². The number of hydrogen-bond acceptors (Lipinski definition) is 3. The van der Waals surface area contributed by atoms with E-state index in [1.807, 2.05) is 43.3 Å². The van der Waals surface area contributed by atoms with Gasteiger partial charge < -0.3 is 10.1 Å². The lowest BCUT2D eigenvalue weighted by molar-refractivity contribution is -0.120. The summed E-state index contributed by atoms with van der Waals surface area (Å²) >= 11 is 7.40. The number of carbonyl (C=O) groups is 1. The van der Waals surface area contributed by atoms with Crippen LogP contribution >= 0.6 is 23.4 Å². The molecular formula is C19H22ClNO2S. The number of amides is 1. The standard InChI is InChI=1S/C19H22ClNO2S/c1-14(24-18-11-7-16(20)8-12-18)19(22)21-13-3-4-15-5-9-17(23-2)10-6-15/h5-12,14H,3-4,13H2,1-2H3,(H,21,22). The zero-order chi connectivity index (χ0) is 17.4. The molecule has 2 aromatic carbocycles. The summed E-state index contributed by atoms with van der Waals surface area (Å²) in [6, 6.07) is 15.6. The van der Waals surface area contributed by atoms with Crippen LogP contribution in [0.2, 0.25) is 5.02 Å². The molecule has 0 fully saturated rings. The largest absolute Gasteiger partial charge is 0.497 e. The average molecular weight is 364 g/mol. The molecule has 1 atom stereocenters. The Labute approximate surface area is 152 Å². The second-order valence-corrected chi connectivity index (χ2v) is 7.31. The van der Waals surface area contributed by atoms with Gasteiger partial charge in [0.2, 0.25) is 5.91 Å². The molecule has 0 radical (unpaired) electrons. The van der Waals surface area contributed by atoms with Crippen molar-refractivity contribution in [1.29, 1.82) is 0 Å². The normalized spacial score (nSPS) is 11.8. The fourth-order valence-corrected chi connectivity index (χ4v) is 3.23. The molecule has 1 amide bonds. The number of aryl methyl sites for hydroxylation is 1. The highest BCUT2D eigenvalue weighted by Crippen LogP contribution is 2.24. The van der Waals surface area contributed by atoms with Gasteiger partial charge >= 0.3 is 0 Å². The van der Waals surface area contributed by atoms with Crippen molar-refractivity contribution in [2.45, 2.75) is 29.9 Å². The Bertz CT molecular complexity index is 643. The highest BCUT2D eigenvalue weighted by atomic mass is 35.5. The van der Waals surface area contributed by atoms with E-state index >= 15 is 0 Å². The fraction of sp³-hybridized carbons (Fsp3) is 0.316. The van der Waals surface area contributed by atoms with Crippen molar-refractivity contribution < 1.29 is 9.53 Å². The van der Waals surface area contributed by atoms with Crippen LogP contribution in [0.5, 0.6) is 5.75 Å². The van der Waals surface area contributed by atoms with E-state index in [-0.39, 0.29) is 11.2 Å². The molecule has 0 aromatic heterocycles. The first-order valence-electron chi connectivity index (χ1n) is 7.91. The van der Waals surface area contributed by atoms with E-state index in [1.165, 1.54) is 17.3 Å². The quantitative estimate of drug-likeness (QED) is 0.551. The smallest absolute Gasteiger partial charge is 0.233 e. The highest BCUT2D eigenvalue weighted by Gasteiger charge is 2.13. The van der Waals surface area contributed by atoms with Crippen LogP contribution in [-0.2, 0) is 11.2 Å². The van der Waals surface area contributed by atoms with Crippen molar-refractivity contribution in [3.05, 3.63) is 59.1 Å². The molecule has 0 bridgehead atoms. The van der Waals surface area contributed by atoms with Crippen LogP contribution in [0.4, 0.5) is 0 Å². The molecule has 128 valence electrons. The summed E-state index contributed by atoms with van der Waals surface area (Å²) < 4.78 is 5.14. The van der Waals surface area contributed by atoms with Crippen molar-refractivity contribution >= 4 is 29.3 Å². The maximum absolute atomic E-state index is 12.1. The van der Waals surface area contributed by atoms with Crippen molar-refractivity contribution in [3.63, 3.8) is 0 Å². The first-order chi connectivity index (χ1) is 11.6. The minimum atomic E-state index is -0.132. The highest BCUT2D eigenvalue weighted by molar-refractivity contribution is 8.00. The zero-order valence-corrected chi connectivity index (χ0v) is 15.5. The van der Waals surface area contributed by atoms with Crippen LogP contribution in [0, 0.1) is 0 Å². The summed E-state index contributed by atoms with van der Waals surface area (Å²) in [5.41, 5.74) is 1.24. The predicted molar refractivity (Wildman–Crippen MR) is 101 cm³/mol. The Kier molecular flexibility index (Phi) is 7.47. The number of thioether (sulfide) groups is 1. The van der Waals surface area contributed by atoms with Crippen molar-refractivity contribution in [2.75, 3.05) is 13.7 Å². The van der Waals surface area contributed by atoms with Gasteiger partial charge in [-0.25, -0.2) is 0 Å². The predicted octanol–water partition coefficient (Wildman–Crippen LogP) is 4.58. The molecule has 0 aliphatic carbocycles. The number of carbonyl (C=O) groups excluding carboxylic acids is 1. The van der Waals surface area contributed by atoms with Gasteiger partial charge in [-0.3, -0.25) is 4.79 Å². The fourth-order valence-electron chi connectivity index (χ4n) is 2.21. The van der Waals surface area contributed by atoms with Gasteiger partial charge in [-0.1, -0.05) is 23.7 Å². The maximum Gasteiger partial charge on any atom is 0.233 e. The first-order valence-corrected chi connectivity index (χ1v) is 9.17. The van der Waals surface area contributed by atoms with E-state index in [0.717, 1.165) is 23.5 Å². The Balaban J connectivity index is 1.69. The van der Waals surface area contributed by atoms with Gasteiger partial charge in [-0.2, -0.15) is 0 Å². The molecule has 24 heavy (non-hydrogen) atoms. The Morgan fingerprint density at radius 1 is 1.17 bits per heavy atom. The molecule has 0 saturated carbocycles. The minimum absolute atomic E-state index is 0.0599. The molecule has 0 aliphatic heterocycles. The second kappa shape index (κ2) is 9.60. The summed E-state index contributed by atoms with van der Waals surface area (Å²) in [7, 11) is 1.66. The molecule has 3 nitrogen and oxygen atoms in total. The van der Waals surface area contributed by atoms with E-state index in [4.69, 9.17) is 16.3 Å². The number of nitrogens with one attached hydrogen (secondary N) is 1. The topological polar surface area (TPSA) is 38.3 Å². The van der Waals surface area contributed by atoms with Gasteiger partial charge in [-0.05, 0) is 61.7 Å². The molecule has 5 heteroatoms. The van der Waals surface area contributed by atoms with Crippen LogP contribution in [0.15, 0.2) is 53.4 Å². The van der Waals surface area contributed by atoms with Gasteiger partial charge in [0.05, 0.1) is 12.4 Å². The number of ether oxygens (including phenoxy) is 1. The van der Waals surface area contributed by atoms with Crippen molar-refractivity contribution in [1.82, 2.24) is 5.32 Å². The number of methoxy groups -OCH3 is 1. The number of rotatable bonds is 8. The van der Waals surface area contributed by atoms with E-state index in [2.05, 4.69) is 17.4 Å². The third-order valence-corrected chi connectivity index (χ3v) is 4.96. The Morgan fingerprint density at radius 2 is 1.83 bits per heavy atom. The first kappa shape index (κ1) is 18.7. The third kappa shape index (κ3) is 6.10. The molecule has 1 unspecified atom stereocenters. The van der Waals surface area contributed by atoms with Gasteiger partial charge in [0.25, 0.3) is 0 Å². The van der Waals surface area contributed by atoms with Crippen molar-refractivity contribution in [2.24, 2.45) is 0 Å². The molecule has 2 rings (SSSR count). The van der Waals surface area contributed by atoms with Crippen LogP contribution < -0.4 is 10.1 Å². The van der Waals surface area contributed by atoms with E-state index in [0.29, 0.717) is 11.6 Å². The zero-order valence-electron chi connectivity index (χ0n) is 13.9. The van der Waals surface area contributed by atoms with E-state index in [9.17, 15) is 4.79 Å². The molecule has 0 saturated heterocycles.